The van der Waals surface area contributed by atoms with Gasteiger partial charge in [-0.1, -0.05) is 49.1 Å². The van der Waals surface area contributed by atoms with Crippen LogP contribution in [0.2, 0.25) is 0 Å². The zero-order chi connectivity index (χ0) is 25.8. The number of nitrogens with two attached hydrogens (primary N) is 1. The lowest BCUT2D eigenvalue weighted by molar-refractivity contribution is -0.122. The zero-order valence-corrected chi connectivity index (χ0v) is 22.5. The molecule has 2 fully saturated rings. The molecule has 2 aliphatic carbocycles. The zero-order valence-electron chi connectivity index (χ0n) is 22.5. The quantitative estimate of drug-likeness (QED) is 0.373. The topological polar surface area (TPSA) is 69.3 Å². The molecule has 5 rings (SSSR count). The van der Waals surface area contributed by atoms with Crippen LogP contribution in [-0.2, 0) is 11.3 Å². The molecule has 1 amide bonds. The maximum absolute atomic E-state index is 13.4. The second-order valence-corrected chi connectivity index (χ2v) is 11.5. The van der Waals surface area contributed by atoms with Crippen molar-refractivity contribution < 1.29 is 9.53 Å². The summed E-state index contributed by atoms with van der Waals surface area (Å²) in [7, 11) is 1.72. The minimum absolute atomic E-state index is 0.0204. The van der Waals surface area contributed by atoms with Crippen molar-refractivity contribution in [3.05, 3.63) is 65.4 Å². The van der Waals surface area contributed by atoms with E-state index in [2.05, 4.69) is 65.5 Å². The minimum atomic E-state index is -0.0204. The molecular formula is C32H43N3O2. The fourth-order valence-electron chi connectivity index (χ4n) is 6.54. The Morgan fingerprint density at radius 1 is 1.05 bits per heavy atom. The number of ether oxygens (including phenoxy) is 1. The van der Waals surface area contributed by atoms with E-state index in [0.29, 0.717) is 6.42 Å². The van der Waals surface area contributed by atoms with Crippen molar-refractivity contribution in [2.75, 3.05) is 7.11 Å². The molecule has 0 aliphatic heterocycles. The first kappa shape index (κ1) is 25.8. The van der Waals surface area contributed by atoms with Crippen molar-refractivity contribution in [3.63, 3.8) is 0 Å². The van der Waals surface area contributed by atoms with Crippen molar-refractivity contribution >= 4 is 16.8 Å². The molecule has 3 N–H and O–H groups in total. The van der Waals surface area contributed by atoms with E-state index < -0.39 is 0 Å². The van der Waals surface area contributed by atoms with Gasteiger partial charge < -0.3 is 20.4 Å². The summed E-state index contributed by atoms with van der Waals surface area (Å²) in [5, 5.41) is 4.53. The molecule has 0 radical (unpaired) electrons. The molecule has 2 saturated carbocycles. The third-order valence-corrected chi connectivity index (χ3v) is 8.65. The van der Waals surface area contributed by atoms with Gasteiger partial charge in [0, 0.05) is 48.1 Å². The van der Waals surface area contributed by atoms with Gasteiger partial charge in [-0.05, 0) is 80.7 Å². The summed E-state index contributed by atoms with van der Waals surface area (Å²) in [6.07, 6.45) is 13.3. The van der Waals surface area contributed by atoms with Gasteiger partial charge in [0.25, 0.3) is 0 Å². The number of carbonyl (C=O) groups is 1. The SMILES string of the molecule is COc1ccc2c(c1)c(C(CC(=O)N[C@H]1CC[C@H](N)CC1)c1cccc(C)c1)cn2CC1CCCCC1. The summed E-state index contributed by atoms with van der Waals surface area (Å²) < 4.78 is 8.08. The lowest BCUT2D eigenvalue weighted by Crippen LogP contribution is -2.40. The molecule has 1 unspecified atom stereocenters. The fourth-order valence-corrected chi connectivity index (χ4v) is 6.54. The highest BCUT2D eigenvalue weighted by molar-refractivity contribution is 5.88. The largest absolute Gasteiger partial charge is 0.497 e. The fraction of sp³-hybridized carbons (Fsp3) is 0.531. The Labute approximate surface area is 221 Å². The molecule has 1 heterocycles. The molecular weight excluding hydrogens is 458 g/mol. The first-order valence-electron chi connectivity index (χ1n) is 14.3. The highest BCUT2D eigenvalue weighted by atomic mass is 16.5. The van der Waals surface area contributed by atoms with E-state index in [9.17, 15) is 4.79 Å². The molecule has 198 valence electrons. The number of hydrogen-bond donors (Lipinski definition) is 2. The molecule has 37 heavy (non-hydrogen) atoms. The average Bonchev–Trinajstić information content (AvgIpc) is 3.26. The molecule has 1 aromatic heterocycles. The van der Waals surface area contributed by atoms with E-state index in [-0.39, 0.29) is 23.9 Å². The van der Waals surface area contributed by atoms with Crippen LogP contribution >= 0.6 is 0 Å². The molecule has 0 bridgehead atoms. The molecule has 2 aliphatic rings. The van der Waals surface area contributed by atoms with Gasteiger partial charge in [0.05, 0.1) is 7.11 Å². The number of carbonyl (C=O) groups excluding carboxylic acids is 1. The van der Waals surface area contributed by atoms with E-state index in [0.717, 1.165) is 43.9 Å². The van der Waals surface area contributed by atoms with E-state index in [4.69, 9.17) is 10.5 Å². The summed E-state index contributed by atoms with van der Waals surface area (Å²) in [6, 6.07) is 15.6. The normalized spacial score (nSPS) is 21.6. The van der Waals surface area contributed by atoms with Gasteiger partial charge in [0.1, 0.15) is 5.75 Å². The number of nitrogens with zero attached hydrogens (tertiary/aromatic N) is 1. The van der Waals surface area contributed by atoms with Gasteiger partial charge in [0.15, 0.2) is 0 Å². The standard InChI is InChI=1S/C32H43N3O2/c1-22-7-6-10-24(17-22)28(19-32(36)34-26-13-11-25(33)12-14-26)30-21-35(20-23-8-4-3-5-9-23)31-16-15-27(37-2)18-29(30)31/h6-7,10,15-18,21,23,25-26,28H,3-5,8-9,11-14,19-20,33H2,1-2H3,(H,34,36)/t25-,26-,28?. The number of rotatable bonds is 8. The van der Waals surface area contributed by atoms with Crippen molar-refractivity contribution in [1.29, 1.82) is 0 Å². The van der Waals surface area contributed by atoms with Crippen molar-refractivity contribution in [2.45, 2.75) is 95.7 Å². The average molecular weight is 502 g/mol. The summed E-state index contributed by atoms with van der Waals surface area (Å²) in [5.41, 5.74) is 11.0. The van der Waals surface area contributed by atoms with E-state index >= 15 is 0 Å². The lowest BCUT2D eigenvalue weighted by Gasteiger charge is -2.27. The number of fused-ring (bicyclic) bond motifs is 1. The van der Waals surface area contributed by atoms with Crippen LogP contribution in [0.25, 0.3) is 10.9 Å². The molecule has 5 heteroatoms. The van der Waals surface area contributed by atoms with Gasteiger partial charge in [-0.15, -0.1) is 0 Å². The summed E-state index contributed by atoms with van der Waals surface area (Å²) in [6.45, 7) is 3.17. The molecule has 0 spiro atoms. The summed E-state index contributed by atoms with van der Waals surface area (Å²) in [4.78, 5) is 13.4. The monoisotopic (exact) mass is 501 g/mol. The predicted molar refractivity (Wildman–Crippen MR) is 151 cm³/mol. The number of amides is 1. The van der Waals surface area contributed by atoms with Gasteiger partial charge >= 0.3 is 0 Å². The Kier molecular flexibility index (Phi) is 8.19. The van der Waals surface area contributed by atoms with Crippen LogP contribution in [0, 0.1) is 12.8 Å². The van der Waals surface area contributed by atoms with Crippen LogP contribution in [-0.4, -0.2) is 29.7 Å². The first-order valence-corrected chi connectivity index (χ1v) is 14.3. The molecule has 0 saturated heterocycles. The lowest BCUT2D eigenvalue weighted by atomic mass is 9.86. The Morgan fingerprint density at radius 3 is 2.57 bits per heavy atom. The predicted octanol–water partition coefficient (Wildman–Crippen LogP) is 6.45. The van der Waals surface area contributed by atoms with Crippen LogP contribution < -0.4 is 15.8 Å². The minimum Gasteiger partial charge on any atom is -0.497 e. The van der Waals surface area contributed by atoms with Crippen molar-refractivity contribution in [3.8, 4) is 5.75 Å². The molecule has 2 aromatic carbocycles. The van der Waals surface area contributed by atoms with Crippen LogP contribution in [0.5, 0.6) is 5.75 Å². The third-order valence-electron chi connectivity index (χ3n) is 8.65. The van der Waals surface area contributed by atoms with Gasteiger partial charge in [-0.25, -0.2) is 0 Å². The smallest absolute Gasteiger partial charge is 0.221 e. The summed E-state index contributed by atoms with van der Waals surface area (Å²) >= 11 is 0. The maximum atomic E-state index is 13.4. The van der Waals surface area contributed by atoms with E-state index in [1.165, 1.54) is 59.7 Å². The number of hydrogen-bond acceptors (Lipinski definition) is 3. The number of methoxy groups -OCH3 is 1. The Hall–Kier alpha value is -2.79. The van der Waals surface area contributed by atoms with Crippen molar-refractivity contribution in [1.82, 2.24) is 9.88 Å². The Balaban J connectivity index is 1.50. The Morgan fingerprint density at radius 2 is 1.84 bits per heavy atom. The number of benzene rings is 2. The second kappa shape index (κ2) is 11.7. The second-order valence-electron chi connectivity index (χ2n) is 11.5. The highest BCUT2D eigenvalue weighted by Gasteiger charge is 2.26. The van der Waals surface area contributed by atoms with Crippen LogP contribution in [0.15, 0.2) is 48.7 Å². The molecule has 1 atom stereocenters. The van der Waals surface area contributed by atoms with Gasteiger partial charge in [-0.3, -0.25) is 4.79 Å². The number of aryl methyl sites for hydroxylation is 1. The van der Waals surface area contributed by atoms with Crippen LogP contribution in [0.4, 0.5) is 0 Å². The highest BCUT2D eigenvalue weighted by Crippen LogP contribution is 2.38. The van der Waals surface area contributed by atoms with Crippen LogP contribution in [0.3, 0.4) is 0 Å². The Bertz CT molecular complexity index is 1200. The third kappa shape index (κ3) is 6.20. The van der Waals surface area contributed by atoms with Crippen molar-refractivity contribution in [2.24, 2.45) is 11.7 Å². The maximum Gasteiger partial charge on any atom is 0.221 e. The van der Waals surface area contributed by atoms with Crippen LogP contribution in [0.1, 0.15) is 86.8 Å². The van der Waals surface area contributed by atoms with E-state index in [1.54, 1.807) is 7.11 Å². The molecule has 3 aromatic rings. The van der Waals surface area contributed by atoms with Gasteiger partial charge in [-0.2, -0.15) is 0 Å². The molecule has 5 nitrogen and oxygen atoms in total. The number of aromatic nitrogens is 1. The van der Waals surface area contributed by atoms with E-state index in [1.807, 2.05) is 0 Å². The summed E-state index contributed by atoms with van der Waals surface area (Å²) in [5.74, 6) is 1.68. The number of nitrogens with one attached hydrogen (secondary N) is 1. The van der Waals surface area contributed by atoms with Gasteiger partial charge in [0.2, 0.25) is 5.91 Å². The first-order chi connectivity index (χ1) is 18.0.